The Morgan fingerprint density at radius 2 is 1.65 bits per heavy atom. The van der Waals surface area contributed by atoms with Crippen molar-refractivity contribution >= 4 is 34.3 Å². The van der Waals surface area contributed by atoms with Gasteiger partial charge >= 0.3 is 0 Å². The third-order valence-corrected chi connectivity index (χ3v) is 6.85. The van der Waals surface area contributed by atoms with Gasteiger partial charge in [-0.15, -0.1) is 0 Å². The summed E-state index contributed by atoms with van der Waals surface area (Å²) >= 11 is 1.28. The molecule has 0 N–H and O–H groups in total. The Labute approximate surface area is 186 Å². The van der Waals surface area contributed by atoms with Gasteiger partial charge in [-0.25, -0.2) is 10.0 Å². The monoisotopic (exact) mass is 438 g/mol. The summed E-state index contributed by atoms with van der Waals surface area (Å²) < 4.78 is 0. The number of carbonyl (C=O) groups excluding carboxylic acids is 1. The molecule has 2 aromatic rings. The van der Waals surface area contributed by atoms with Gasteiger partial charge in [0.1, 0.15) is 5.70 Å². The number of hydrazine groups is 1. The summed E-state index contributed by atoms with van der Waals surface area (Å²) in [6.07, 6.45) is 1.65. The molecule has 2 aromatic carbocycles. The van der Waals surface area contributed by atoms with Gasteiger partial charge in [0.15, 0.2) is 0 Å². The summed E-state index contributed by atoms with van der Waals surface area (Å²) in [5, 5.41) is 15.5. The molecule has 2 heterocycles. The summed E-state index contributed by atoms with van der Waals surface area (Å²) in [5.74, 6) is 0. The van der Waals surface area contributed by atoms with E-state index in [-0.39, 0.29) is 10.8 Å². The summed E-state index contributed by atoms with van der Waals surface area (Å²) in [7, 11) is 0. The van der Waals surface area contributed by atoms with E-state index >= 15 is 0 Å². The number of hydrogen-bond acceptors (Lipinski definition) is 7. The van der Waals surface area contributed by atoms with Crippen LogP contribution in [0.2, 0.25) is 0 Å². The van der Waals surface area contributed by atoms with Crippen molar-refractivity contribution in [3.63, 3.8) is 0 Å². The lowest BCUT2D eigenvalue weighted by Crippen LogP contribution is -2.44. The molecule has 2 saturated heterocycles. The molecule has 7 nitrogen and oxygen atoms in total. The maximum absolute atomic E-state index is 13.0. The van der Waals surface area contributed by atoms with E-state index in [2.05, 4.69) is 37.6 Å². The van der Waals surface area contributed by atoms with Crippen LogP contribution >= 0.6 is 11.8 Å². The van der Waals surface area contributed by atoms with Gasteiger partial charge in [0.05, 0.1) is 22.7 Å². The minimum absolute atomic E-state index is 0.00982. The number of nitro groups is 1. The second-order valence-electron chi connectivity index (χ2n) is 8.30. The Morgan fingerprint density at radius 1 is 1.03 bits per heavy atom. The van der Waals surface area contributed by atoms with Crippen molar-refractivity contribution in [2.24, 2.45) is 0 Å². The fourth-order valence-corrected chi connectivity index (χ4v) is 5.46. The highest BCUT2D eigenvalue weighted by Crippen LogP contribution is 2.61. The molecule has 162 valence electrons. The molecule has 2 aliphatic rings. The number of carbonyl (C=O) groups is 1. The van der Waals surface area contributed by atoms with E-state index in [0.29, 0.717) is 29.9 Å². The molecule has 0 radical (unpaired) electrons. The van der Waals surface area contributed by atoms with Crippen molar-refractivity contribution < 1.29 is 9.72 Å². The smallest absolute Gasteiger partial charge is 0.276 e. The first kappa shape index (κ1) is 21.4. The standard InChI is InChI=1S/C23H26N4O3S/c1-16(2)24(17(3)4)15-23-25(19-11-6-5-7-12-19)26(23)21(22(28)31-23)14-18-10-8-9-13-20(18)27(29)30/h5-14,16-17H,15H2,1-4H3/b21-14-. The van der Waals surface area contributed by atoms with E-state index in [1.807, 2.05) is 35.3 Å². The molecule has 0 amide bonds. The third kappa shape index (κ3) is 3.70. The average Bonchev–Trinajstić information content (AvgIpc) is 3.28. The predicted molar refractivity (Wildman–Crippen MR) is 124 cm³/mol. The Kier molecular flexibility index (Phi) is 5.53. The summed E-state index contributed by atoms with van der Waals surface area (Å²) in [6.45, 7) is 9.29. The first-order chi connectivity index (χ1) is 14.8. The Morgan fingerprint density at radius 3 is 2.26 bits per heavy atom. The number of para-hydroxylation sites is 2. The quantitative estimate of drug-likeness (QED) is 0.268. The van der Waals surface area contributed by atoms with Crippen LogP contribution in [0.15, 0.2) is 60.3 Å². The summed E-state index contributed by atoms with van der Waals surface area (Å²) in [6, 6.07) is 17.1. The summed E-state index contributed by atoms with van der Waals surface area (Å²) in [4.78, 5) is 25.9. The van der Waals surface area contributed by atoms with Gasteiger partial charge in [0, 0.05) is 18.2 Å². The number of fused-ring (bicyclic) bond motifs is 1. The fraction of sp³-hybridized carbons (Fsp3) is 0.348. The number of anilines is 1. The second kappa shape index (κ2) is 8.01. The number of nitrogens with zero attached hydrogens (tertiary/aromatic N) is 4. The highest BCUT2D eigenvalue weighted by molar-refractivity contribution is 8.16. The van der Waals surface area contributed by atoms with Gasteiger partial charge in [-0.3, -0.25) is 19.8 Å². The van der Waals surface area contributed by atoms with Crippen molar-refractivity contribution in [2.45, 2.75) is 44.8 Å². The molecule has 4 rings (SSSR count). The first-order valence-electron chi connectivity index (χ1n) is 10.4. The zero-order chi connectivity index (χ0) is 22.3. The van der Waals surface area contributed by atoms with Gasteiger partial charge < -0.3 is 0 Å². The maximum atomic E-state index is 13.0. The Bertz CT molecular complexity index is 1030. The predicted octanol–water partition coefficient (Wildman–Crippen LogP) is 4.72. The van der Waals surface area contributed by atoms with E-state index < -0.39 is 9.92 Å². The molecule has 31 heavy (non-hydrogen) atoms. The molecule has 2 aliphatic heterocycles. The lowest BCUT2D eigenvalue weighted by Gasteiger charge is -2.32. The summed E-state index contributed by atoms with van der Waals surface area (Å²) in [5.41, 5.74) is 1.88. The highest BCUT2D eigenvalue weighted by Gasteiger charge is 2.71. The second-order valence-corrected chi connectivity index (χ2v) is 9.53. The van der Waals surface area contributed by atoms with E-state index in [0.717, 1.165) is 5.69 Å². The lowest BCUT2D eigenvalue weighted by molar-refractivity contribution is -0.385. The van der Waals surface area contributed by atoms with E-state index in [1.165, 1.54) is 17.8 Å². The number of rotatable bonds is 7. The molecule has 2 fully saturated rings. The van der Waals surface area contributed by atoms with Crippen molar-refractivity contribution in [3.8, 4) is 0 Å². The van der Waals surface area contributed by atoms with Gasteiger partial charge in [-0.05, 0) is 63.7 Å². The molecule has 8 heteroatoms. The van der Waals surface area contributed by atoms with Crippen LogP contribution in [0.5, 0.6) is 0 Å². The highest BCUT2D eigenvalue weighted by atomic mass is 32.2. The first-order valence-corrected chi connectivity index (χ1v) is 11.2. The van der Waals surface area contributed by atoms with Gasteiger partial charge in [0.25, 0.3) is 5.69 Å². The zero-order valence-corrected chi connectivity index (χ0v) is 18.9. The Balaban J connectivity index is 1.77. The van der Waals surface area contributed by atoms with Crippen LogP contribution in [0.25, 0.3) is 6.08 Å². The number of hydrogen-bond donors (Lipinski definition) is 0. The van der Waals surface area contributed by atoms with Crippen LogP contribution in [0.3, 0.4) is 0 Å². The molecule has 0 aliphatic carbocycles. The molecule has 0 spiro atoms. The normalized spacial score (nSPS) is 21.5. The molecule has 0 saturated carbocycles. The molecular formula is C23H26N4O3S. The molecule has 1 atom stereocenters. The van der Waals surface area contributed by atoms with Gasteiger partial charge in [-0.2, -0.15) is 0 Å². The van der Waals surface area contributed by atoms with E-state index in [4.69, 9.17) is 0 Å². The van der Waals surface area contributed by atoms with E-state index in [9.17, 15) is 14.9 Å². The minimum atomic E-state index is -0.553. The minimum Gasteiger partial charge on any atom is -0.293 e. The number of thioether (sulfide) groups is 1. The SMILES string of the molecule is CC(C)N(CC12SC(=O)/C(=C/c3ccccc3[N+](=O)[O-])N1N2c1ccccc1)C(C)C. The van der Waals surface area contributed by atoms with Crippen LogP contribution < -0.4 is 5.01 Å². The van der Waals surface area contributed by atoms with Crippen molar-refractivity contribution in [2.75, 3.05) is 11.6 Å². The topological polar surface area (TPSA) is 69.5 Å². The maximum Gasteiger partial charge on any atom is 0.276 e. The van der Waals surface area contributed by atoms with Crippen LogP contribution in [0, 0.1) is 10.1 Å². The van der Waals surface area contributed by atoms with Crippen molar-refractivity contribution in [1.29, 1.82) is 0 Å². The third-order valence-electron chi connectivity index (χ3n) is 5.66. The van der Waals surface area contributed by atoms with Crippen molar-refractivity contribution in [1.82, 2.24) is 9.91 Å². The van der Waals surface area contributed by atoms with Crippen molar-refractivity contribution in [3.05, 3.63) is 76.0 Å². The number of benzene rings is 2. The Hall–Kier alpha value is -2.84. The fourth-order valence-electron chi connectivity index (χ4n) is 4.20. The average molecular weight is 439 g/mol. The van der Waals surface area contributed by atoms with E-state index in [1.54, 1.807) is 24.3 Å². The van der Waals surface area contributed by atoms with Crippen LogP contribution in [-0.4, -0.2) is 43.6 Å². The molecule has 0 aromatic heterocycles. The van der Waals surface area contributed by atoms with Crippen LogP contribution in [0.1, 0.15) is 33.3 Å². The van der Waals surface area contributed by atoms with Gasteiger partial charge in [0.2, 0.25) is 10.1 Å². The lowest BCUT2D eigenvalue weighted by atomic mass is 10.1. The molecule has 1 unspecified atom stereocenters. The van der Waals surface area contributed by atoms with Crippen LogP contribution in [-0.2, 0) is 4.79 Å². The largest absolute Gasteiger partial charge is 0.293 e. The van der Waals surface area contributed by atoms with Gasteiger partial charge in [-0.1, -0.05) is 30.3 Å². The molecular weight excluding hydrogens is 412 g/mol. The molecule has 0 bridgehead atoms. The number of nitro benzene ring substituents is 1. The zero-order valence-electron chi connectivity index (χ0n) is 18.1. The van der Waals surface area contributed by atoms with Crippen LogP contribution in [0.4, 0.5) is 11.4 Å².